The number of rotatable bonds is 5. The molecule has 2 heterocycles. The molecule has 1 aliphatic heterocycles. The third-order valence-electron chi connectivity index (χ3n) is 6.32. The molecule has 4 rings (SSSR count). The van der Waals surface area contributed by atoms with Gasteiger partial charge in [0.1, 0.15) is 11.6 Å². The molecule has 1 aliphatic carbocycles. The summed E-state index contributed by atoms with van der Waals surface area (Å²) in [6, 6.07) is 7.95. The van der Waals surface area contributed by atoms with Crippen molar-refractivity contribution in [1.82, 2.24) is 14.9 Å². The summed E-state index contributed by atoms with van der Waals surface area (Å²) < 4.78 is 5.57. The smallest absolute Gasteiger partial charge is 0.127 e. The lowest BCUT2D eigenvalue weighted by Gasteiger charge is -2.42. The lowest BCUT2D eigenvalue weighted by atomic mass is 9.67. The minimum absolute atomic E-state index is 0.235. The fraction of sp³-hybridized carbons (Fsp3) is 0.545. The van der Waals surface area contributed by atoms with E-state index in [0.717, 1.165) is 61.6 Å². The van der Waals surface area contributed by atoms with Gasteiger partial charge in [0.05, 0.1) is 12.7 Å². The van der Waals surface area contributed by atoms with Crippen LogP contribution >= 0.6 is 0 Å². The van der Waals surface area contributed by atoms with Crippen LogP contribution in [0.4, 0.5) is 0 Å². The second-order valence-corrected chi connectivity index (χ2v) is 7.94. The molecule has 2 aliphatic rings. The SMILES string of the molecule is CCc1ncc(CN2C[C@@H]3CCC[C@@](O)(c4ccccc4OC)[C@H]3C2)cn1. The molecule has 1 N–H and O–H groups in total. The van der Waals surface area contributed by atoms with Gasteiger partial charge in [-0.3, -0.25) is 4.90 Å². The van der Waals surface area contributed by atoms with Crippen LogP contribution in [0.15, 0.2) is 36.7 Å². The Balaban J connectivity index is 1.54. The lowest BCUT2D eigenvalue weighted by Crippen LogP contribution is -2.43. The molecule has 0 bridgehead atoms. The highest BCUT2D eigenvalue weighted by atomic mass is 16.5. The van der Waals surface area contributed by atoms with Crippen LogP contribution in [0.25, 0.3) is 0 Å². The highest BCUT2D eigenvalue weighted by Crippen LogP contribution is 2.50. The average Bonchev–Trinajstić information content (AvgIpc) is 3.13. The van der Waals surface area contributed by atoms with Crippen LogP contribution in [0.5, 0.6) is 5.75 Å². The summed E-state index contributed by atoms with van der Waals surface area (Å²) in [4.78, 5) is 11.3. The number of fused-ring (bicyclic) bond motifs is 1. The van der Waals surface area contributed by atoms with E-state index in [-0.39, 0.29) is 5.92 Å². The number of hydrogen-bond donors (Lipinski definition) is 1. The lowest BCUT2D eigenvalue weighted by molar-refractivity contribution is -0.0662. The van der Waals surface area contributed by atoms with Crippen molar-refractivity contribution in [1.29, 1.82) is 0 Å². The van der Waals surface area contributed by atoms with Gasteiger partial charge in [0.2, 0.25) is 0 Å². The Morgan fingerprint density at radius 1 is 1.22 bits per heavy atom. The van der Waals surface area contributed by atoms with Gasteiger partial charge < -0.3 is 9.84 Å². The number of para-hydroxylation sites is 1. The highest BCUT2D eigenvalue weighted by molar-refractivity contribution is 5.39. The molecule has 0 unspecified atom stereocenters. The quantitative estimate of drug-likeness (QED) is 0.880. The highest BCUT2D eigenvalue weighted by Gasteiger charge is 2.50. The van der Waals surface area contributed by atoms with E-state index >= 15 is 0 Å². The van der Waals surface area contributed by atoms with Gasteiger partial charge in [0, 0.05) is 55.5 Å². The molecule has 1 aromatic heterocycles. The number of aryl methyl sites for hydroxylation is 1. The number of nitrogens with zero attached hydrogens (tertiary/aromatic N) is 3. The number of ether oxygens (including phenoxy) is 1. The van der Waals surface area contributed by atoms with Gasteiger partial charge in [-0.25, -0.2) is 9.97 Å². The topological polar surface area (TPSA) is 58.5 Å². The largest absolute Gasteiger partial charge is 0.496 e. The zero-order valence-electron chi connectivity index (χ0n) is 16.3. The Morgan fingerprint density at radius 2 is 2.00 bits per heavy atom. The molecule has 1 saturated heterocycles. The molecule has 27 heavy (non-hydrogen) atoms. The maximum atomic E-state index is 11.7. The van der Waals surface area contributed by atoms with Gasteiger partial charge in [0.25, 0.3) is 0 Å². The number of aliphatic hydroxyl groups is 1. The third kappa shape index (κ3) is 3.46. The Hall–Kier alpha value is -1.98. The summed E-state index contributed by atoms with van der Waals surface area (Å²) in [6.45, 7) is 4.84. The van der Waals surface area contributed by atoms with Gasteiger partial charge >= 0.3 is 0 Å². The monoisotopic (exact) mass is 367 g/mol. The van der Waals surface area contributed by atoms with Gasteiger partial charge in [-0.05, 0) is 31.2 Å². The average molecular weight is 367 g/mol. The zero-order chi connectivity index (χ0) is 18.9. The Labute approximate surface area is 161 Å². The number of hydrogen-bond acceptors (Lipinski definition) is 5. The number of benzene rings is 1. The minimum atomic E-state index is -0.813. The first-order chi connectivity index (χ1) is 13.1. The number of aromatic nitrogens is 2. The van der Waals surface area contributed by atoms with Crippen LogP contribution in [0, 0.1) is 11.8 Å². The van der Waals surface area contributed by atoms with E-state index in [4.69, 9.17) is 4.74 Å². The van der Waals surface area contributed by atoms with Crippen molar-refractivity contribution in [3.8, 4) is 5.75 Å². The van der Waals surface area contributed by atoms with Crippen molar-refractivity contribution in [2.75, 3.05) is 20.2 Å². The molecule has 5 heteroatoms. The van der Waals surface area contributed by atoms with Crippen LogP contribution in [0.2, 0.25) is 0 Å². The second-order valence-electron chi connectivity index (χ2n) is 7.94. The van der Waals surface area contributed by atoms with Gasteiger partial charge in [-0.15, -0.1) is 0 Å². The summed E-state index contributed by atoms with van der Waals surface area (Å²) in [5.41, 5.74) is 1.28. The first kappa shape index (κ1) is 18.4. The molecule has 1 saturated carbocycles. The van der Waals surface area contributed by atoms with E-state index in [1.807, 2.05) is 36.7 Å². The molecule has 0 amide bonds. The van der Waals surface area contributed by atoms with Crippen molar-refractivity contribution in [3.63, 3.8) is 0 Å². The van der Waals surface area contributed by atoms with Crippen LogP contribution in [-0.2, 0) is 18.6 Å². The molecule has 2 aromatic rings. The Morgan fingerprint density at radius 3 is 2.74 bits per heavy atom. The van der Waals surface area contributed by atoms with E-state index in [1.54, 1.807) is 7.11 Å². The number of likely N-dealkylation sites (tertiary alicyclic amines) is 1. The molecule has 1 aromatic carbocycles. The third-order valence-corrected chi connectivity index (χ3v) is 6.32. The molecule has 3 atom stereocenters. The molecule has 144 valence electrons. The van der Waals surface area contributed by atoms with Crippen LogP contribution in [-0.4, -0.2) is 40.2 Å². The summed E-state index contributed by atoms with van der Waals surface area (Å²) in [7, 11) is 1.68. The van der Waals surface area contributed by atoms with Crippen LogP contribution in [0.3, 0.4) is 0 Å². The van der Waals surface area contributed by atoms with Crippen molar-refractivity contribution >= 4 is 0 Å². The van der Waals surface area contributed by atoms with Gasteiger partial charge in [-0.2, -0.15) is 0 Å². The molecule has 2 fully saturated rings. The predicted octanol–water partition coefficient (Wildman–Crippen LogP) is 3.17. The Bertz CT molecular complexity index is 779. The fourth-order valence-corrected chi connectivity index (χ4v) is 4.98. The first-order valence-electron chi connectivity index (χ1n) is 10.0. The predicted molar refractivity (Wildman–Crippen MR) is 104 cm³/mol. The summed E-state index contributed by atoms with van der Waals surface area (Å²) >= 11 is 0. The van der Waals surface area contributed by atoms with Gasteiger partial charge in [0.15, 0.2) is 0 Å². The van der Waals surface area contributed by atoms with Crippen LogP contribution < -0.4 is 4.74 Å². The summed E-state index contributed by atoms with van der Waals surface area (Å²) in [5, 5.41) is 11.7. The van der Waals surface area contributed by atoms with E-state index < -0.39 is 5.60 Å². The summed E-state index contributed by atoms with van der Waals surface area (Å²) in [6.07, 6.45) is 7.79. The van der Waals surface area contributed by atoms with Gasteiger partial charge in [-0.1, -0.05) is 25.1 Å². The Kier molecular flexibility index (Phi) is 5.15. The zero-order valence-corrected chi connectivity index (χ0v) is 16.3. The minimum Gasteiger partial charge on any atom is -0.496 e. The van der Waals surface area contributed by atoms with E-state index in [2.05, 4.69) is 21.8 Å². The van der Waals surface area contributed by atoms with Crippen molar-refractivity contribution in [3.05, 3.63) is 53.6 Å². The first-order valence-corrected chi connectivity index (χ1v) is 10.0. The van der Waals surface area contributed by atoms with E-state index in [0.29, 0.717) is 5.92 Å². The number of methoxy groups -OCH3 is 1. The van der Waals surface area contributed by atoms with Crippen molar-refractivity contribution < 1.29 is 9.84 Å². The standard InChI is InChI=1S/C22H29N3O2/c1-3-21-23-11-16(12-24-21)13-25-14-17-7-6-10-22(26,19(17)15-25)18-8-4-5-9-20(18)27-2/h4-5,8-9,11-12,17,19,26H,3,6-7,10,13-15H2,1-2H3/t17-,19-,22+/m0/s1. The maximum absolute atomic E-state index is 11.7. The molecular formula is C22H29N3O2. The molecule has 0 radical (unpaired) electrons. The molecule has 0 spiro atoms. The summed E-state index contributed by atoms with van der Waals surface area (Å²) in [5.74, 6) is 2.44. The second kappa shape index (κ2) is 7.56. The molecular weight excluding hydrogens is 338 g/mol. The van der Waals surface area contributed by atoms with E-state index in [9.17, 15) is 5.11 Å². The molecule has 5 nitrogen and oxygen atoms in total. The van der Waals surface area contributed by atoms with Crippen molar-refractivity contribution in [2.45, 2.75) is 44.8 Å². The fourth-order valence-electron chi connectivity index (χ4n) is 4.98. The van der Waals surface area contributed by atoms with Crippen LogP contribution in [0.1, 0.15) is 43.1 Å². The van der Waals surface area contributed by atoms with Crippen molar-refractivity contribution in [2.24, 2.45) is 11.8 Å². The van der Waals surface area contributed by atoms with E-state index in [1.165, 1.54) is 6.42 Å². The maximum Gasteiger partial charge on any atom is 0.127 e. The normalized spacial score (nSPS) is 28.1.